The minimum Gasteiger partial charge on any atom is -0.469 e. The Kier molecular flexibility index (Phi) is 4.36. The Labute approximate surface area is 112 Å². The van der Waals surface area contributed by atoms with Gasteiger partial charge in [-0.2, -0.15) is 0 Å². The molecule has 1 unspecified atom stereocenters. The molecule has 2 heterocycles. The number of rotatable bonds is 4. The monoisotopic (exact) mass is 266 g/mol. The molecule has 1 aliphatic heterocycles. The summed E-state index contributed by atoms with van der Waals surface area (Å²) < 4.78 is 5.22. The summed E-state index contributed by atoms with van der Waals surface area (Å²) in [7, 11) is 0. The first-order chi connectivity index (χ1) is 8.68. The third-order valence-electron chi connectivity index (χ3n) is 3.32. The number of carbonyl (C=O) groups excluding carboxylic acids is 1. The number of piperidine rings is 1. The normalized spacial score (nSPS) is 19.8. The Morgan fingerprint density at radius 2 is 2.39 bits per heavy atom. The van der Waals surface area contributed by atoms with E-state index in [-0.39, 0.29) is 11.9 Å². The Hall–Kier alpha value is -1.36. The molecule has 0 bridgehead atoms. The maximum Gasteiger partial charge on any atom is 0.223 e. The summed E-state index contributed by atoms with van der Waals surface area (Å²) in [6, 6.07) is 3.66. The highest BCUT2D eigenvalue weighted by molar-refractivity contribution is 7.80. The van der Waals surface area contributed by atoms with Crippen molar-refractivity contribution >= 4 is 23.1 Å². The van der Waals surface area contributed by atoms with Gasteiger partial charge in [0.2, 0.25) is 5.91 Å². The fourth-order valence-corrected chi connectivity index (χ4v) is 2.60. The number of nitrogens with zero attached hydrogens (tertiary/aromatic N) is 1. The number of thiocarbonyl (C=S) groups is 1. The van der Waals surface area contributed by atoms with E-state index in [1.807, 2.05) is 17.0 Å². The summed E-state index contributed by atoms with van der Waals surface area (Å²) in [5, 5.41) is 0. The van der Waals surface area contributed by atoms with E-state index in [2.05, 4.69) is 0 Å². The molecule has 4 nitrogen and oxygen atoms in total. The van der Waals surface area contributed by atoms with Crippen molar-refractivity contribution in [2.24, 2.45) is 5.73 Å². The molecule has 1 atom stereocenters. The molecule has 18 heavy (non-hydrogen) atoms. The SMILES string of the molecule is NC(=S)C1CCCCN1C(=O)CCc1ccco1. The fourth-order valence-electron chi connectivity index (χ4n) is 2.35. The van der Waals surface area contributed by atoms with Crippen molar-refractivity contribution in [1.29, 1.82) is 0 Å². The van der Waals surface area contributed by atoms with Crippen molar-refractivity contribution in [3.63, 3.8) is 0 Å². The largest absolute Gasteiger partial charge is 0.469 e. The zero-order valence-electron chi connectivity index (χ0n) is 10.3. The summed E-state index contributed by atoms with van der Waals surface area (Å²) in [5.41, 5.74) is 5.71. The van der Waals surface area contributed by atoms with Crippen LogP contribution in [-0.4, -0.2) is 28.4 Å². The van der Waals surface area contributed by atoms with Gasteiger partial charge in [0.05, 0.1) is 17.3 Å². The van der Waals surface area contributed by atoms with Crippen LogP contribution in [0.5, 0.6) is 0 Å². The predicted octanol–water partition coefficient (Wildman–Crippen LogP) is 1.88. The molecule has 1 fully saturated rings. The van der Waals surface area contributed by atoms with Crippen LogP contribution in [0.2, 0.25) is 0 Å². The van der Waals surface area contributed by atoms with Gasteiger partial charge in [0.15, 0.2) is 0 Å². The van der Waals surface area contributed by atoms with Crippen molar-refractivity contribution in [1.82, 2.24) is 4.90 Å². The lowest BCUT2D eigenvalue weighted by Gasteiger charge is -2.35. The molecule has 1 saturated heterocycles. The minimum atomic E-state index is -0.0575. The number of carbonyl (C=O) groups is 1. The Bertz CT molecular complexity index is 417. The average Bonchev–Trinajstić information content (AvgIpc) is 2.89. The second-order valence-electron chi connectivity index (χ2n) is 4.58. The van der Waals surface area contributed by atoms with Gasteiger partial charge in [-0.3, -0.25) is 4.79 Å². The molecule has 1 aromatic heterocycles. The van der Waals surface area contributed by atoms with E-state index in [1.165, 1.54) is 0 Å². The van der Waals surface area contributed by atoms with Crippen molar-refractivity contribution in [2.75, 3.05) is 6.54 Å². The van der Waals surface area contributed by atoms with Crippen molar-refractivity contribution in [3.8, 4) is 0 Å². The lowest BCUT2D eigenvalue weighted by molar-refractivity contribution is -0.133. The van der Waals surface area contributed by atoms with Crippen LogP contribution in [0.15, 0.2) is 22.8 Å². The first-order valence-electron chi connectivity index (χ1n) is 6.29. The summed E-state index contributed by atoms with van der Waals surface area (Å²) in [5.74, 6) is 0.955. The molecule has 1 aliphatic rings. The van der Waals surface area contributed by atoms with Crippen LogP contribution in [0.1, 0.15) is 31.4 Å². The Morgan fingerprint density at radius 3 is 3.06 bits per heavy atom. The fraction of sp³-hybridized carbons (Fsp3) is 0.538. The minimum absolute atomic E-state index is 0.0575. The number of amides is 1. The molecule has 2 rings (SSSR count). The number of hydrogen-bond donors (Lipinski definition) is 1. The first kappa shape index (κ1) is 13.1. The number of likely N-dealkylation sites (tertiary alicyclic amines) is 1. The van der Waals surface area contributed by atoms with Gasteiger partial charge in [-0.1, -0.05) is 12.2 Å². The molecule has 1 aromatic rings. The van der Waals surface area contributed by atoms with Gasteiger partial charge in [0.25, 0.3) is 0 Å². The van der Waals surface area contributed by atoms with Crippen LogP contribution in [0.3, 0.4) is 0 Å². The van der Waals surface area contributed by atoms with E-state index >= 15 is 0 Å². The topological polar surface area (TPSA) is 59.5 Å². The average molecular weight is 266 g/mol. The van der Waals surface area contributed by atoms with Gasteiger partial charge in [0, 0.05) is 19.4 Å². The van der Waals surface area contributed by atoms with Crippen LogP contribution in [0, 0.1) is 0 Å². The molecule has 0 spiro atoms. The van der Waals surface area contributed by atoms with Gasteiger partial charge >= 0.3 is 0 Å². The molecule has 0 saturated carbocycles. The molecule has 1 amide bonds. The van der Waals surface area contributed by atoms with Gasteiger partial charge in [-0.15, -0.1) is 0 Å². The molecule has 2 N–H and O–H groups in total. The summed E-state index contributed by atoms with van der Waals surface area (Å²) in [6.45, 7) is 0.763. The molecule has 0 radical (unpaired) electrons. The third kappa shape index (κ3) is 3.10. The van der Waals surface area contributed by atoms with E-state index in [9.17, 15) is 4.79 Å². The standard InChI is InChI=1S/C13H18N2O2S/c14-13(18)11-5-1-2-8-15(11)12(16)7-6-10-4-3-9-17-10/h3-4,9,11H,1-2,5-8H2,(H2,14,18). The quantitative estimate of drug-likeness (QED) is 0.845. The van der Waals surface area contributed by atoms with Crippen molar-refractivity contribution in [2.45, 2.75) is 38.1 Å². The molecular weight excluding hydrogens is 248 g/mol. The number of nitrogens with two attached hydrogens (primary N) is 1. The highest BCUT2D eigenvalue weighted by Gasteiger charge is 2.28. The highest BCUT2D eigenvalue weighted by atomic mass is 32.1. The second-order valence-corrected chi connectivity index (χ2v) is 5.05. The molecule has 0 aromatic carbocycles. The second kappa shape index (κ2) is 6.00. The van der Waals surface area contributed by atoms with E-state index in [4.69, 9.17) is 22.4 Å². The molecule has 5 heteroatoms. The first-order valence-corrected chi connectivity index (χ1v) is 6.70. The number of aryl methyl sites for hydroxylation is 1. The molecule has 98 valence electrons. The Balaban J connectivity index is 1.92. The van der Waals surface area contributed by atoms with Crippen LogP contribution in [0.4, 0.5) is 0 Å². The van der Waals surface area contributed by atoms with Crippen LogP contribution >= 0.6 is 12.2 Å². The third-order valence-corrected chi connectivity index (χ3v) is 3.59. The van der Waals surface area contributed by atoms with Crippen LogP contribution < -0.4 is 5.73 Å². The summed E-state index contributed by atoms with van der Waals surface area (Å²) in [6.07, 6.45) is 5.72. The lowest BCUT2D eigenvalue weighted by atomic mass is 10.0. The van der Waals surface area contributed by atoms with Gasteiger partial charge in [-0.05, 0) is 31.4 Å². The number of hydrogen-bond acceptors (Lipinski definition) is 3. The van der Waals surface area contributed by atoms with Gasteiger partial charge in [-0.25, -0.2) is 0 Å². The highest BCUT2D eigenvalue weighted by Crippen LogP contribution is 2.19. The summed E-state index contributed by atoms with van der Waals surface area (Å²) >= 11 is 5.04. The predicted molar refractivity (Wildman–Crippen MR) is 73.2 cm³/mol. The summed E-state index contributed by atoms with van der Waals surface area (Å²) in [4.78, 5) is 14.4. The number of furan rings is 1. The zero-order valence-corrected chi connectivity index (χ0v) is 11.1. The molecule has 0 aliphatic carbocycles. The van der Waals surface area contributed by atoms with Crippen molar-refractivity contribution in [3.05, 3.63) is 24.2 Å². The van der Waals surface area contributed by atoms with E-state index in [1.54, 1.807) is 6.26 Å². The van der Waals surface area contributed by atoms with E-state index in [0.717, 1.165) is 31.6 Å². The van der Waals surface area contributed by atoms with Crippen LogP contribution in [-0.2, 0) is 11.2 Å². The van der Waals surface area contributed by atoms with Gasteiger partial charge in [0.1, 0.15) is 5.76 Å². The maximum atomic E-state index is 12.2. The van der Waals surface area contributed by atoms with Crippen LogP contribution in [0.25, 0.3) is 0 Å². The van der Waals surface area contributed by atoms with Crippen molar-refractivity contribution < 1.29 is 9.21 Å². The maximum absolute atomic E-state index is 12.2. The lowest BCUT2D eigenvalue weighted by Crippen LogP contribution is -2.49. The van der Waals surface area contributed by atoms with E-state index in [0.29, 0.717) is 17.8 Å². The zero-order chi connectivity index (χ0) is 13.0. The van der Waals surface area contributed by atoms with E-state index < -0.39 is 0 Å². The smallest absolute Gasteiger partial charge is 0.223 e. The Morgan fingerprint density at radius 1 is 1.56 bits per heavy atom. The van der Waals surface area contributed by atoms with Gasteiger partial charge < -0.3 is 15.1 Å². The molecular formula is C13H18N2O2S.